The number of alkyl halides is 1. The number of hydrogen-bond donors (Lipinski definition) is 1. The molecule has 0 amide bonds. The molecule has 0 aliphatic heterocycles. The van der Waals surface area contributed by atoms with E-state index in [0.29, 0.717) is 11.3 Å². The molecule has 0 aromatic heterocycles. The predicted molar refractivity (Wildman–Crippen MR) is 75.5 cm³/mol. The summed E-state index contributed by atoms with van der Waals surface area (Å²) in [6, 6.07) is 4.31. The zero-order chi connectivity index (χ0) is 15.3. The molecule has 0 fully saturated rings. The SMILES string of the molecule is CCOC(=O)C(F)[C@H](N)c1cc(C(C)C)ccc1OC. The number of methoxy groups -OCH3 is 1. The minimum atomic E-state index is -1.91. The lowest BCUT2D eigenvalue weighted by molar-refractivity contribution is -0.149. The molecule has 5 heteroatoms. The lowest BCUT2D eigenvalue weighted by Crippen LogP contribution is -2.32. The Balaban J connectivity index is 3.09. The number of ether oxygens (including phenoxy) is 2. The molecule has 0 saturated heterocycles. The van der Waals surface area contributed by atoms with Gasteiger partial charge < -0.3 is 15.2 Å². The lowest BCUT2D eigenvalue weighted by Gasteiger charge is -2.20. The zero-order valence-electron chi connectivity index (χ0n) is 12.4. The molecule has 1 aromatic carbocycles. The minimum Gasteiger partial charge on any atom is -0.496 e. The first kappa shape index (κ1) is 16.4. The summed E-state index contributed by atoms with van der Waals surface area (Å²) in [6.07, 6.45) is -1.91. The quantitative estimate of drug-likeness (QED) is 0.815. The summed E-state index contributed by atoms with van der Waals surface area (Å²) in [6.45, 7) is 5.79. The maximum Gasteiger partial charge on any atom is 0.342 e. The average molecular weight is 283 g/mol. The van der Waals surface area contributed by atoms with Crippen molar-refractivity contribution >= 4 is 5.97 Å². The standard InChI is InChI=1S/C15H22FNO3/c1-5-20-15(18)13(16)14(17)11-8-10(9(2)3)6-7-12(11)19-4/h6-9,13-14H,5,17H2,1-4H3/t13?,14-/m1/s1. The van der Waals surface area contributed by atoms with Crippen molar-refractivity contribution in [2.75, 3.05) is 13.7 Å². The molecular formula is C15H22FNO3. The van der Waals surface area contributed by atoms with Crippen molar-refractivity contribution in [2.24, 2.45) is 5.73 Å². The highest BCUT2D eigenvalue weighted by Crippen LogP contribution is 2.30. The number of carbonyl (C=O) groups excluding carboxylic acids is 1. The molecule has 0 aliphatic rings. The second kappa shape index (κ2) is 7.24. The van der Waals surface area contributed by atoms with Crippen molar-refractivity contribution < 1.29 is 18.7 Å². The average Bonchev–Trinajstić information content (AvgIpc) is 2.45. The summed E-state index contributed by atoms with van der Waals surface area (Å²) in [5.74, 6) is -0.210. The normalized spacial score (nSPS) is 13.9. The first-order valence-electron chi connectivity index (χ1n) is 6.66. The highest BCUT2D eigenvalue weighted by molar-refractivity contribution is 5.76. The minimum absolute atomic E-state index is 0.120. The number of nitrogens with two attached hydrogens (primary N) is 1. The molecule has 1 unspecified atom stereocenters. The number of benzene rings is 1. The Kier molecular flexibility index (Phi) is 5.95. The molecule has 0 aliphatic carbocycles. The summed E-state index contributed by atoms with van der Waals surface area (Å²) >= 11 is 0. The van der Waals surface area contributed by atoms with Gasteiger partial charge >= 0.3 is 5.97 Å². The monoisotopic (exact) mass is 283 g/mol. The molecule has 2 N–H and O–H groups in total. The van der Waals surface area contributed by atoms with Crippen LogP contribution in [0.1, 0.15) is 43.9 Å². The molecule has 0 radical (unpaired) electrons. The lowest BCUT2D eigenvalue weighted by atomic mass is 9.95. The van der Waals surface area contributed by atoms with Crippen LogP contribution in [0.25, 0.3) is 0 Å². The number of halogens is 1. The van der Waals surface area contributed by atoms with Crippen molar-refractivity contribution in [3.8, 4) is 5.75 Å². The van der Waals surface area contributed by atoms with Gasteiger partial charge in [-0.2, -0.15) is 0 Å². The highest BCUT2D eigenvalue weighted by Gasteiger charge is 2.30. The van der Waals surface area contributed by atoms with Gasteiger partial charge in [-0.1, -0.05) is 26.0 Å². The summed E-state index contributed by atoms with van der Waals surface area (Å²) in [7, 11) is 1.48. The van der Waals surface area contributed by atoms with Crippen LogP contribution in [-0.4, -0.2) is 25.9 Å². The van der Waals surface area contributed by atoms with E-state index in [1.807, 2.05) is 19.9 Å². The number of carbonyl (C=O) groups is 1. The Hall–Kier alpha value is -1.62. The van der Waals surface area contributed by atoms with Gasteiger partial charge in [-0.25, -0.2) is 9.18 Å². The van der Waals surface area contributed by atoms with E-state index in [1.165, 1.54) is 7.11 Å². The van der Waals surface area contributed by atoms with Crippen LogP contribution in [0.2, 0.25) is 0 Å². The highest BCUT2D eigenvalue weighted by atomic mass is 19.1. The molecular weight excluding hydrogens is 261 g/mol. The Labute approximate surface area is 119 Å². The van der Waals surface area contributed by atoms with E-state index >= 15 is 0 Å². The van der Waals surface area contributed by atoms with Crippen molar-refractivity contribution in [3.63, 3.8) is 0 Å². The van der Waals surface area contributed by atoms with Gasteiger partial charge in [0.1, 0.15) is 5.75 Å². The van der Waals surface area contributed by atoms with Crippen LogP contribution in [0, 0.1) is 0 Å². The van der Waals surface area contributed by atoms with Crippen molar-refractivity contribution in [1.29, 1.82) is 0 Å². The first-order chi connectivity index (χ1) is 9.42. The van der Waals surface area contributed by atoms with E-state index < -0.39 is 18.2 Å². The van der Waals surface area contributed by atoms with E-state index in [9.17, 15) is 9.18 Å². The molecule has 0 heterocycles. The van der Waals surface area contributed by atoms with Crippen LogP contribution in [-0.2, 0) is 9.53 Å². The van der Waals surface area contributed by atoms with Gasteiger partial charge in [0.15, 0.2) is 0 Å². The molecule has 2 atom stereocenters. The van der Waals surface area contributed by atoms with Crippen LogP contribution < -0.4 is 10.5 Å². The third kappa shape index (κ3) is 3.70. The van der Waals surface area contributed by atoms with Crippen LogP contribution in [0.4, 0.5) is 4.39 Å². The van der Waals surface area contributed by atoms with Crippen LogP contribution >= 0.6 is 0 Å². The fraction of sp³-hybridized carbons (Fsp3) is 0.533. The maximum atomic E-state index is 14.1. The van der Waals surface area contributed by atoms with E-state index in [-0.39, 0.29) is 12.5 Å². The van der Waals surface area contributed by atoms with Crippen molar-refractivity contribution in [1.82, 2.24) is 0 Å². The molecule has 20 heavy (non-hydrogen) atoms. The van der Waals surface area contributed by atoms with Gasteiger partial charge in [-0.15, -0.1) is 0 Å². The maximum absolute atomic E-state index is 14.1. The Morgan fingerprint density at radius 2 is 2.05 bits per heavy atom. The smallest absolute Gasteiger partial charge is 0.342 e. The topological polar surface area (TPSA) is 61.5 Å². The summed E-state index contributed by atoms with van der Waals surface area (Å²) in [5.41, 5.74) is 7.34. The van der Waals surface area contributed by atoms with E-state index in [1.54, 1.807) is 19.1 Å². The van der Waals surface area contributed by atoms with Crippen LogP contribution in [0.15, 0.2) is 18.2 Å². The second-order valence-electron chi connectivity index (χ2n) is 4.84. The molecule has 1 aromatic rings. The molecule has 112 valence electrons. The fourth-order valence-corrected chi connectivity index (χ4v) is 1.90. The number of rotatable bonds is 6. The Morgan fingerprint density at radius 3 is 2.55 bits per heavy atom. The largest absolute Gasteiger partial charge is 0.496 e. The zero-order valence-corrected chi connectivity index (χ0v) is 12.4. The van der Waals surface area contributed by atoms with E-state index in [4.69, 9.17) is 10.5 Å². The van der Waals surface area contributed by atoms with Gasteiger partial charge in [0, 0.05) is 5.56 Å². The number of hydrogen-bond acceptors (Lipinski definition) is 4. The molecule has 0 saturated carbocycles. The Bertz CT molecular complexity index is 462. The van der Waals surface area contributed by atoms with Crippen LogP contribution in [0.3, 0.4) is 0 Å². The van der Waals surface area contributed by atoms with Gasteiger partial charge in [-0.05, 0) is 24.5 Å². The van der Waals surface area contributed by atoms with Crippen molar-refractivity contribution in [3.05, 3.63) is 29.3 Å². The number of esters is 1. The molecule has 0 bridgehead atoms. The second-order valence-corrected chi connectivity index (χ2v) is 4.84. The molecule has 0 spiro atoms. The Morgan fingerprint density at radius 1 is 1.40 bits per heavy atom. The summed E-state index contributed by atoms with van der Waals surface area (Å²) < 4.78 is 23.9. The fourth-order valence-electron chi connectivity index (χ4n) is 1.90. The van der Waals surface area contributed by atoms with Gasteiger partial charge in [-0.3, -0.25) is 0 Å². The predicted octanol–water partition coefficient (Wildman–Crippen LogP) is 2.72. The third-order valence-electron chi connectivity index (χ3n) is 3.11. The van der Waals surface area contributed by atoms with E-state index in [2.05, 4.69) is 4.74 Å². The van der Waals surface area contributed by atoms with Gasteiger partial charge in [0.05, 0.1) is 19.8 Å². The van der Waals surface area contributed by atoms with E-state index in [0.717, 1.165) is 5.56 Å². The van der Waals surface area contributed by atoms with Gasteiger partial charge in [0.25, 0.3) is 0 Å². The van der Waals surface area contributed by atoms with Crippen molar-refractivity contribution in [2.45, 2.75) is 38.9 Å². The first-order valence-corrected chi connectivity index (χ1v) is 6.66. The molecule has 1 rings (SSSR count). The summed E-state index contributed by atoms with van der Waals surface area (Å²) in [4.78, 5) is 11.5. The van der Waals surface area contributed by atoms with Gasteiger partial charge in [0.2, 0.25) is 6.17 Å². The van der Waals surface area contributed by atoms with Crippen LogP contribution in [0.5, 0.6) is 5.75 Å². The summed E-state index contributed by atoms with van der Waals surface area (Å²) in [5, 5.41) is 0. The molecule has 4 nitrogen and oxygen atoms in total. The third-order valence-corrected chi connectivity index (χ3v) is 3.11.